The van der Waals surface area contributed by atoms with Crippen LogP contribution in [0.2, 0.25) is 5.02 Å². The summed E-state index contributed by atoms with van der Waals surface area (Å²) >= 11 is 6.43. The molecule has 9 heteroatoms. The Labute approximate surface area is 179 Å². The zero-order valence-corrected chi connectivity index (χ0v) is 18.1. The molecule has 0 bridgehead atoms. The minimum atomic E-state index is -3.70. The van der Waals surface area contributed by atoms with Crippen LogP contribution < -0.4 is 15.5 Å². The van der Waals surface area contributed by atoms with Crippen molar-refractivity contribution >= 4 is 32.6 Å². The SMILES string of the molecule is Cc1c(C)c2cc(Cl)c3c(c2oc1=O)CN(CCc1ccc(S(N)(=O)=O)cc1)CO3. The summed E-state index contributed by atoms with van der Waals surface area (Å²) in [6.45, 7) is 5.15. The fourth-order valence-electron chi connectivity index (χ4n) is 3.59. The number of ether oxygens (including phenoxy) is 1. The molecule has 2 aromatic carbocycles. The highest BCUT2D eigenvalue weighted by Gasteiger charge is 2.25. The van der Waals surface area contributed by atoms with Gasteiger partial charge in [0.05, 0.1) is 15.5 Å². The van der Waals surface area contributed by atoms with Gasteiger partial charge in [-0.05, 0) is 49.6 Å². The molecule has 30 heavy (non-hydrogen) atoms. The highest BCUT2D eigenvalue weighted by molar-refractivity contribution is 7.89. The van der Waals surface area contributed by atoms with Crippen LogP contribution in [0, 0.1) is 13.8 Å². The van der Waals surface area contributed by atoms with E-state index in [-0.39, 0.29) is 10.5 Å². The smallest absolute Gasteiger partial charge is 0.339 e. The normalized spacial score (nSPS) is 14.5. The molecular formula is C21H21ClN2O5S. The number of halogens is 1. The van der Waals surface area contributed by atoms with Crippen LogP contribution in [-0.2, 0) is 23.0 Å². The Morgan fingerprint density at radius 2 is 1.87 bits per heavy atom. The first kappa shape index (κ1) is 20.9. The number of aryl methyl sites for hydroxylation is 1. The number of fused-ring (bicyclic) bond motifs is 3. The Morgan fingerprint density at radius 3 is 2.53 bits per heavy atom. The highest BCUT2D eigenvalue weighted by Crippen LogP contribution is 2.39. The van der Waals surface area contributed by atoms with Gasteiger partial charge in [0.15, 0.2) is 0 Å². The van der Waals surface area contributed by atoms with E-state index in [2.05, 4.69) is 4.90 Å². The number of rotatable bonds is 4. The lowest BCUT2D eigenvalue weighted by molar-refractivity contribution is 0.0968. The molecule has 0 aliphatic carbocycles. The summed E-state index contributed by atoms with van der Waals surface area (Å²) in [6.07, 6.45) is 0.685. The molecule has 0 atom stereocenters. The molecule has 0 radical (unpaired) electrons. The van der Waals surface area contributed by atoms with Crippen LogP contribution in [0.3, 0.4) is 0 Å². The van der Waals surface area contributed by atoms with Crippen LogP contribution >= 0.6 is 11.6 Å². The average Bonchev–Trinajstić information content (AvgIpc) is 2.71. The van der Waals surface area contributed by atoms with E-state index in [4.69, 9.17) is 25.9 Å². The maximum atomic E-state index is 12.2. The van der Waals surface area contributed by atoms with Gasteiger partial charge in [-0.1, -0.05) is 23.7 Å². The fourth-order valence-corrected chi connectivity index (χ4v) is 4.38. The van der Waals surface area contributed by atoms with Gasteiger partial charge < -0.3 is 9.15 Å². The van der Waals surface area contributed by atoms with Crippen molar-refractivity contribution in [2.45, 2.75) is 31.7 Å². The Bertz CT molecular complexity index is 1300. The Kier molecular flexibility index (Phi) is 5.36. The van der Waals surface area contributed by atoms with Crippen LogP contribution in [0.15, 0.2) is 44.4 Å². The molecule has 0 amide bonds. The summed E-state index contributed by atoms with van der Waals surface area (Å²) in [5.41, 5.74) is 3.28. The van der Waals surface area contributed by atoms with Crippen molar-refractivity contribution in [3.05, 3.63) is 68.0 Å². The van der Waals surface area contributed by atoms with Crippen molar-refractivity contribution in [2.75, 3.05) is 13.3 Å². The van der Waals surface area contributed by atoms with E-state index in [0.29, 0.717) is 48.2 Å². The summed E-state index contributed by atoms with van der Waals surface area (Å²) in [6, 6.07) is 8.27. The monoisotopic (exact) mass is 448 g/mol. The third kappa shape index (κ3) is 3.83. The molecular weight excluding hydrogens is 428 g/mol. The summed E-state index contributed by atoms with van der Waals surface area (Å²) < 4.78 is 34.2. The van der Waals surface area contributed by atoms with Gasteiger partial charge in [-0.3, -0.25) is 4.90 Å². The highest BCUT2D eigenvalue weighted by atomic mass is 35.5. The number of benzene rings is 2. The topological polar surface area (TPSA) is 103 Å². The van der Waals surface area contributed by atoms with Gasteiger partial charge in [0.25, 0.3) is 0 Å². The molecule has 4 rings (SSSR count). The zero-order valence-electron chi connectivity index (χ0n) is 16.6. The second-order valence-electron chi connectivity index (χ2n) is 7.45. The minimum Gasteiger partial charge on any atom is -0.476 e. The number of primary sulfonamides is 1. The van der Waals surface area contributed by atoms with Crippen LogP contribution in [0.5, 0.6) is 5.75 Å². The maximum Gasteiger partial charge on any atom is 0.339 e. The van der Waals surface area contributed by atoms with E-state index >= 15 is 0 Å². The quantitative estimate of drug-likeness (QED) is 0.615. The van der Waals surface area contributed by atoms with E-state index in [9.17, 15) is 13.2 Å². The maximum absolute atomic E-state index is 12.2. The average molecular weight is 449 g/mol. The standard InChI is InChI=1S/C21H21ClN2O5S/c1-12-13(2)21(25)29-19-16(12)9-18(22)20-17(19)10-24(11-28-20)8-7-14-3-5-15(6-4-14)30(23,26)27/h3-6,9H,7-8,10-11H2,1-2H3,(H2,23,26,27). The summed E-state index contributed by atoms with van der Waals surface area (Å²) in [4.78, 5) is 14.4. The first-order valence-electron chi connectivity index (χ1n) is 9.37. The van der Waals surface area contributed by atoms with Crippen molar-refractivity contribution in [1.29, 1.82) is 0 Å². The Hall–Kier alpha value is -2.39. The molecule has 2 N–H and O–H groups in total. The van der Waals surface area contributed by atoms with Crippen molar-refractivity contribution in [1.82, 2.24) is 4.90 Å². The van der Waals surface area contributed by atoms with Crippen molar-refractivity contribution in [3.63, 3.8) is 0 Å². The lowest BCUT2D eigenvalue weighted by Gasteiger charge is -2.30. The Balaban J connectivity index is 1.59. The first-order valence-corrected chi connectivity index (χ1v) is 11.3. The molecule has 1 aliphatic rings. The molecule has 1 aromatic heterocycles. The first-order chi connectivity index (χ1) is 14.1. The van der Waals surface area contributed by atoms with Gasteiger partial charge >= 0.3 is 5.63 Å². The second-order valence-corrected chi connectivity index (χ2v) is 9.42. The van der Waals surface area contributed by atoms with Crippen LogP contribution in [0.25, 0.3) is 11.0 Å². The predicted molar refractivity (Wildman–Crippen MR) is 114 cm³/mol. The fraction of sp³-hybridized carbons (Fsp3) is 0.286. The number of nitrogens with two attached hydrogens (primary N) is 1. The molecule has 158 valence electrons. The van der Waals surface area contributed by atoms with Crippen molar-refractivity contribution in [3.8, 4) is 5.75 Å². The molecule has 1 aliphatic heterocycles. The number of nitrogens with zero attached hydrogens (tertiary/aromatic N) is 1. The molecule has 3 aromatic rings. The lowest BCUT2D eigenvalue weighted by atomic mass is 10.0. The second kappa shape index (κ2) is 7.70. The van der Waals surface area contributed by atoms with Gasteiger partial charge in [-0.2, -0.15) is 0 Å². The van der Waals surface area contributed by atoms with E-state index in [1.165, 1.54) is 12.1 Å². The van der Waals surface area contributed by atoms with Crippen LogP contribution in [0.1, 0.15) is 22.3 Å². The molecule has 0 unspecified atom stereocenters. The third-order valence-corrected chi connectivity index (χ3v) is 6.70. The van der Waals surface area contributed by atoms with Crippen LogP contribution in [0.4, 0.5) is 0 Å². The number of sulfonamides is 1. The lowest BCUT2D eigenvalue weighted by Crippen LogP contribution is -2.34. The summed E-state index contributed by atoms with van der Waals surface area (Å²) in [5.74, 6) is 0.546. The van der Waals surface area contributed by atoms with E-state index in [0.717, 1.165) is 22.1 Å². The Morgan fingerprint density at radius 1 is 1.17 bits per heavy atom. The molecule has 0 fully saturated rings. The van der Waals surface area contributed by atoms with Gasteiger partial charge in [0.1, 0.15) is 18.1 Å². The van der Waals surface area contributed by atoms with Gasteiger partial charge in [-0.25, -0.2) is 18.4 Å². The number of hydrogen-bond donors (Lipinski definition) is 1. The number of hydrogen-bond acceptors (Lipinski definition) is 6. The molecule has 0 saturated carbocycles. The molecule has 2 heterocycles. The van der Waals surface area contributed by atoms with Gasteiger partial charge in [0.2, 0.25) is 10.0 Å². The van der Waals surface area contributed by atoms with Crippen LogP contribution in [-0.4, -0.2) is 26.6 Å². The van der Waals surface area contributed by atoms with Gasteiger partial charge in [0, 0.05) is 24.0 Å². The van der Waals surface area contributed by atoms with E-state index in [1.807, 2.05) is 6.92 Å². The van der Waals surface area contributed by atoms with Gasteiger partial charge in [-0.15, -0.1) is 0 Å². The molecule has 0 spiro atoms. The largest absolute Gasteiger partial charge is 0.476 e. The zero-order chi connectivity index (χ0) is 21.6. The van der Waals surface area contributed by atoms with Crippen molar-refractivity contribution in [2.24, 2.45) is 5.14 Å². The minimum absolute atomic E-state index is 0.0864. The third-order valence-electron chi connectivity index (χ3n) is 5.49. The molecule has 7 nitrogen and oxygen atoms in total. The van der Waals surface area contributed by atoms with E-state index < -0.39 is 10.0 Å². The van der Waals surface area contributed by atoms with E-state index in [1.54, 1.807) is 25.1 Å². The van der Waals surface area contributed by atoms with Crippen molar-refractivity contribution < 1.29 is 17.6 Å². The summed E-state index contributed by atoms with van der Waals surface area (Å²) in [5, 5.41) is 6.43. The molecule has 0 saturated heterocycles. The summed E-state index contributed by atoms with van der Waals surface area (Å²) in [7, 11) is -3.70. The predicted octanol–water partition coefficient (Wildman–Crippen LogP) is 3.11.